The number of rotatable bonds is 7. The molecule has 3 rings (SSSR count). The van der Waals surface area contributed by atoms with Crippen LogP contribution in [0.4, 0.5) is 18.9 Å². The molecular formula is C24H24ClF3N2OS2. The summed E-state index contributed by atoms with van der Waals surface area (Å²) in [5.41, 5.74) is 1.81. The van der Waals surface area contributed by atoms with Gasteiger partial charge in [0, 0.05) is 18.0 Å². The van der Waals surface area contributed by atoms with Gasteiger partial charge in [0.25, 0.3) is 0 Å². The first-order chi connectivity index (χ1) is 15.7. The lowest BCUT2D eigenvalue weighted by Crippen LogP contribution is -2.28. The van der Waals surface area contributed by atoms with Crippen LogP contribution in [0.25, 0.3) is 16.1 Å². The number of hydrazone groups is 1. The molecule has 3 aromatic rings. The Morgan fingerprint density at radius 1 is 1.12 bits per heavy atom. The number of aliphatic hydroxyl groups is 1. The van der Waals surface area contributed by atoms with Gasteiger partial charge in [-0.1, -0.05) is 60.1 Å². The third kappa shape index (κ3) is 7.64. The van der Waals surface area contributed by atoms with Crippen molar-refractivity contribution in [2.45, 2.75) is 18.7 Å². The second-order valence-electron chi connectivity index (χ2n) is 6.73. The number of thiophene rings is 1. The lowest BCUT2D eigenvalue weighted by Gasteiger charge is -2.23. The van der Waals surface area contributed by atoms with E-state index >= 15 is 0 Å². The molecule has 9 heteroatoms. The van der Waals surface area contributed by atoms with Crippen LogP contribution < -0.4 is 5.01 Å². The summed E-state index contributed by atoms with van der Waals surface area (Å²) in [6.45, 7) is 3.56. The number of para-hydroxylation sites is 1. The van der Waals surface area contributed by atoms with Crippen LogP contribution in [0.3, 0.4) is 0 Å². The van der Waals surface area contributed by atoms with E-state index in [9.17, 15) is 18.3 Å². The fourth-order valence-electron chi connectivity index (χ4n) is 2.79. The van der Waals surface area contributed by atoms with Crippen LogP contribution in [-0.4, -0.2) is 36.6 Å². The van der Waals surface area contributed by atoms with Gasteiger partial charge in [0.2, 0.25) is 0 Å². The highest BCUT2D eigenvalue weighted by atomic mass is 35.5. The molecule has 3 nitrogen and oxygen atoms in total. The summed E-state index contributed by atoms with van der Waals surface area (Å²) in [5.74, 6) is 0. The average Bonchev–Trinajstić information content (AvgIpc) is 3.28. The van der Waals surface area contributed by atoms with Crippen molar-refractivity contribution in [3.05, 3.63) is 82.7 Å². The van der Waals surface area contributed by atoms with Crippen LogP contribution in [-0.2, 0) is 0 Å². The van der Waals surface area contributed by atoms with Crippen LogP contribution >= 0.6 is 34.7 Å². The van der Waals surface area contributed by atoms with Crippen molar-refractivity contribution < 1.29 is 18.3 Å². The van der Waals surface area contributed by atoms with Crippen LogP contribution in [0, 0.1) is 0 Å². The number of hydrogen-bond acceptors (Lipinski definition) is 5. The highest BCUT2D eigenvalue weighted by molar-refractivity contribution is 7.97. The van der Waals surface area contributed by atoms with Crippen molar-refractivity contribution in [2.24, 2.45) is 5.10 Å². The zero-order valence-electron chi connectivity index (χ0n) is 18.1. The molecule has 176 valence electrons. The van der Waals surface area contributed by atoms with Crippen LogP contribution in [0.5, 0.6) is 0 Å². The van der Waals surface area contributed by atoms with Crippen molar-refractivity contribution in [1.82, 2.24) is 0 Å². The second-order valence-corrected chi connectivity index (χ2v) is 9.03. The van der Waals surface area contributed by atoms with Gasteiger partial charge in [-0.05, 0) is 42.3 Å². The summed E-state index contributed by atoms with van der Waals surface area (Å²) in [5, 5.41) is 15.2. The maximum atomic E-state index is 12.9. The van der Waals surface area contributed by atoms with E-state index in [1.165, 1.54) is 22.4 Å². The molecule has 2 aromatic carbocycles. The van der Waals surface area contributed by atoms with Crippen molar-refractivity contribution in [2.75, 3.05) is 17.5 Å². The van der Waals surface area contributed by atoms with E-state index in [1.54, 1.807) is 42.1 Å². The number of alkyl halides is 3. The van der Waals surface area contributed by atoms with Crippen molar-refractivity contribution >= 4 is 52.8 Å². The predicted molar refractivity (Wildman–Crippen MR) is 137 cm³/mol. The number of halogens is 4. The van der Waals surface area contributed by atoms with Crippen LogP contribution in [0.15, 0.2) is 77.9 Å². The first-order valence-electron chi connectivity index (χ1n) is 9.74. The molecule has 0 saturated heterocycles. The SMILES string of the molecule is C=NN(/C(=C\CC(O)C(F)(F)F)c1ccc(-c2ccccc2)s1)c1ccccc1Cl.CSC. The minimum absolute atomic E-state index is 0.355. The van der Waals surface area contributed by atoms with Gasteiger partial charge in [0.05, 0.1) is 21.3 Å². The van der Waals surface area contributed by atoms with Gasteiger partial charge in [-0.15, -0.1) is 11.3 Å². The fraction of sp³-hybridized carbons (Fsp3) is 0.208. The molecule has 0 aliphatic heterocycles. The quantitative estimate of drug-likeness (QED) is 0.259. The van der Waals surface area contributed by atoms with Gasteiger partial charge in [0.1, 0.15) is 0 Å². The zero-order valence-corrected chi connectivity index (χ0v) is 20.5. The number of nitrogens with zero attached hydrogens (tertiary/aromatic N) is 2. The summed E-state index contributed by atoms with van der Waals surface area (Å²) in [6.07, 6.45) is -2.45. The molecular weight excluding hydrogens is 489 g/mol. The second kappa shape index (κ2) is 12.8. The number of benzene rings is 2. The maximum Gasteiger partial charge on any atom is 0.414 e. The Labute approximate surface area is 205 Å². The summed E-state index contributed by atoms with van der Waals surface area (Å²) in [7, 11) is 0. The van der Waals surface area contributed by atoms with Crippen molar-refractivity contribution in [1.29, 1.82) is 0 Å². The number of thioether (sulfide) groups is 1. The van der Waals surface area contributed by atoms with Gasteiger partial charge in [-0.2, -0.15) is 30.0 Å². The van der Waals surface area contributed by atoms with Gasteiger partial charge in [0.15, 0.2) is 6.10 Å². The van der Waals surface area contributed by atoms with E-state index in [4.69, 9.17) is 11.6 Å². The van der Waals surface area contributed by atoms with Gasteiger partial charge >= 0.3 is 6.18 Å². The molecule has 0 radical (unpaired) electrons. The first kappa shape index (κ1) is 27.0. The Morgan fingerprint density at radius 3 is 2.30 bits per heavy atom. The minimum atomic E-state index is -4.72. The van der Waals surface area contributed by atoms with E-state index in [0.29, 0.717) is 21.3 Å². The molecule has 0 saturated carbocycles. The van der Waals surface area contributed by atoms with E-state index in [1.807, 2.05) is 48.9 Å². The Hall–Kier alpha value is -2.26. The molecule has 1 unspecified atom stereocenters. The smallest absolute Gasteiger partial charge is 0.383 e. The Bertz CT molecular complexity index is 1060. The lowest BCUT2D eigenvalue weighted by atomic mass is 10.1. The molecule has 1 aromatic heterocycles. The lowest BCUT2D eigenvalue weighted by molar-refractivity contribution is -0.202. The molecule has 1 N–H and O–H groups in total. The summed E-state index contributed by atoms with van der Waals surface area (Å²) in [6, 6.07) is 20.1. The zero-order chi connectivity index (χ0) is 24.4. The summed E-state index contributed by atoms with van der Waals surface area (Å²) < 4.78 is 38.6. The number of hydrogen-bond donors (Lipinski definition) is 1. The highest BCUT2D eigenvalue weighted by Gasteiger charge is 2.37. The molecule has 0 aliphatic carbocycles. The van der Waals surface area contributed by atoms with E-state index in [2.05, 4.69) is 11.8 Å². The van der Waals surface area contributed by atoms with Gasteiger partial charge < -0.3 is 5.11 Å². The largest absolute Gasteiger partial charge is 0.414 e. The van der Waals surface area contributed by atoms with E-state index in [-0.39, 0.29) is 0 Å². The predicted octanol–water partition coefficient (Wildman–Crippen LogP) is 7.82. The van der Waals surface area contributed by atoms with Crippen LogP contribution in [0.1, 0.15) is 11.3 Å². The number of anilines is 1. The van der Waals surface area contributed by atoms with Crippen LogP contribution in [0.2, 0.25) is 5.02 Å². The topological polar surface area (TPSA) is 35.8 Å². The Kier molecular flexibility index (Phi) is 10.5. The molecule has 0 fully saturated rings. The average molecular weight is 513 g/mol. The molecule has 0 bridgehead atoms. The van der Waals surface area contributed by atoms with Gasteiger partial charge in [-0.3, -0.25) is 0 Å². The molecule has 0 amide bonds. The van der Waals surface area contributed by atoms with Gasteiger partial charge in [-0.25, -0.2) is 5.01 Å². The fourth-order valence-corrected chi connectivity index (χ4v) is 4.04. The summed E-state index contributed by atoms with van der Waals surface area (Å²) >= 11 is 9.43. The maximum absolute atomic E-state index is 12.9. The minimum Gasteiger partial charge on any atom is -0.383 e. The molecule has 1 heterocycles. The monoisotopic (exact) mass is 512 g/mol. The molecule has 0 spiro atoms. The third-order valence-electron chi connectivity index (χ3n) is 4.28. The molecule has 33 heavy (non-hydrogen) atoms. The highest BCUT2D eigenvalue weighted by Crippen LogP contribution is 2.38. The van der Waals surface area contributed by atoms with E-state index < -0.39 is 18.7 Å². The van der Waals surface area contributed by atoms with Crippen molar-refractivity contribution in [3.63, 3.8) is 0 Å². The molecule has 0 aliphatic rings. The first-order valence-corrected chi connectivity index (χ1v) is 12.6. The number of aliphatic hydroxyl groups excluding tert-OH is 1. The summed E-state index contributed by atoms with van der Waals surface area (Å²) in [4.78, 5) is 1.60. The van der Waals surface area contributed by atoms with E-state index in [0.717, 1.165) is 10.4 Å². The third-order valence-corrected chi connectivity index (χ3v) is 5.76. The standard InChI is InChI=1S/C22H18ClF3N2OS.C2H6S/c1-27-28(17-10-6-5-9-16(17)23)18(11-14-21(29)22(24,25)26)20-13-12-19(30-20)15-7-3-2-4-8-15;1-3-2/h2-13,21,29H,1,14H2;1-2H3/b18-11-;. The Morgan fingerprint density at radius 2 is 1.73 bits per heavy atom. The Balaban J connectivity index is 0.00000122. The van der Waals surface area contributed by atoms with Crippen molar-refractivity contribution in [3.8, 4) is 10.4 Å². The normalized spacial score (nSPS) is 12.5. The molecule has 1 atom stereocenters.